The molecule has 0 fully saturated rings. The maximum atomic E-state index is 13.4. The van der Waals surface area contributed by atoms with Crippen molar-refractivity contribution in [3.05, 3.63) is 115 Å². The van der Waals surface area contributed by atoms with E-state index in [1.165, 1.54) is 24.5 Å². The second-order valence-corrected chi connectivity index (χ2v) is 11.1. The number of rotatable bonds is 9. The molecule has 3 N–H and O–H groups in total. The Balaban J connectivity index is 1.43. The van der Waals surface area contributed by atoms with Gasteiger partial charge in [-0.3, -0.25) is 9.78 Å². The van der Waals surface area contributed by atoms with Crippen molar-refractivity contribution in [1.29, 1.82) is 0 Å². The van der Waals surface area contributed by atoms with Crippen LogP contribution in [0.25, 0.3) is 5.69 Å². The Morgan fingerprint density at radius 3 is 2.49 bits per heavy atom. The number of nitrogens with zero attached hydrogens (tertiary/aromatic N) is 2. The van der Waals surface area contributed by atoms with Crippen molar-refractivity contribution in [2.45, 2.75) is 17.4 Å². The van der Waals surface area contributed by atoms with Gasteiger partial charge in [0.1, 0.15) is 28.9 Å². The van der Waals surface area contributed by atoms with Gasteiger partial charge in [0.2, 0.25) is 16.8 Å². The standard InChI is InChI=1S/C26H20Cl2N4O8S/c27-18-9-16(32-26(35)30-24(34)12-29-32)10-19(28)25(18)40-17-6-7-21(33)23(11-17)41(36,37)31-20(22-13-38-14-39-22)8-15-4-2-1-3-5-15/h1-7,9-13,20,31,33H,8,14H2,(H,30,34,35). The van der Waals surface area contributed by atoms with Crippen LogP contribution in [-0.4, -0.2) is 41.1 Å². The summed E-state index contributed by atoms with van der Waals surface area (Å²) in [4.78, 5) is 25.0. The first-order valence-electron chi connectivity index (χ1n) is 11.8. The number of phenols is 1. The first-order chi connectivity index (χ1) is 19.6. The highest BCUT2D eigenvalue weighted by Gasteiger charge is 2.29. The lowest BCUT2D eigenvalue weighted by molar-refractivity contribution is 0.0746. The summed E-state index contributed by atoms with van der Waals surface area (Å²) in [7, 11) is -4.33. The molecule has 1 atom stereocenters. The number of benzene rings is 3. The van der Waals surface area contributed by atoms with Gasteiger partial charge < -0.3 is 19.3 Å². The third-order valence-corrected chi connectivity index (χ3v) is 7.86. The zero-order valence-corrected chi connectivity index (χ0v) is 23.1. The van der Waals surface area contributed by atoms with Gasteiger partial charge in [0.05, 0.1) is 21.8 Å². The molecule has 4 aromatic rings. The Morgan fingerprint density at radius 2 is 1.83 bits per heavy atom. The Kier molecular flexibility index (Phi) is 8.03. The van der Waals surface area contributed by atoms with Gasteiger partial charge in [0.15, 0.2) is 11.5 Å². The zero-order valence-electron chi connectivity index (χ0n) is 20.8. The lowest BCUT2D eigenvalue weighted by Gasteiger charge is -2.19. The molecule has 2 heterocycles. The van der Waals surface area contributed by atoms with Crippen LogP contribution < -0.4 is 20.7 Å². The fourth-order valence-corrected chi connectivity index (χ4v) is 5.80. The highest BCUT2D eigenvalue weighted by molar-refractivity contribution is 7.89. The van der Waals surface area contributed by atoms with Crippen LogP contribution in [0, 0.1) is 0 Å². The lowest BCUT2D eigenvalue weighted by atomic mass is 10.1. The Hall–Kier alpha value is -4.30. The number of hydrogen-bond donors (Lipinski definition) is 3. The van der Waals surface area contributed by atoms with E-state index in [-0.39, 0.29) is 46.2 Å². The highest BCUT2D eigenvalue weighted by Crippen LogP contribution is 2.39. The van der Waals surface area contributed by atoms with Gasteiger partial charge in [-0.25, -0.2) is 13.2 Å². The molecule has 41 heavy (non-hydrogen) atoms. The molecule has 1 aliphatic rings. The molecule has 1 aliphatic heterocycles. The number of hydrogen-bond acceptors (Lipinski definition) is 9. The van der Waals surface area contributed by atoms with Crippen molar-refractivity contribution in [1.82, 2.24) is 19.5 Å². The van der Waals surface area contributed by atoms with E-state index in [9.17, 15) is 23.1 Å². The third-order valence-electron chi connectivity index (χ3n) is 5.80. The van der Waals surface area contributed by atoms with Crippen LogP contribution in [0.2, 0.25) is 10.0 Å². The van der Waals surface area contributed by atoms with Crippen molar-refractivity contribution >= 4 is 33.2 Å². The molecule has 1 aromatic heterocycles. The average Bonchev–Trinajstić information content (AvgIpc) is 3.47. The molecular weight excluding hydrogens is 599 g/mol. The lowest BCUT2D eigenvalue weighted by Crippen LogP contribution is -2.38. The number of nitrogens with one attached hydrogen (secondary N) is 2. The van der Waals surface area contributed by atoms with Crippen molar-refractivity contribution < 1.29 is 27.7 Å². The smallest absolute Gasteiger partial charge is 0.349 e. The quantitative estimate of drug-likeness (QED) is 0.255. The maximum absolute atomic E-state index is 13.4. The fraction of sp³-hybridized carbons (Fsp3) is 0.115. The summed E-state index contributed by atoms with van der Waals surface area (Å²) in [6.07, 6.45) is 2.49. The van der Waals surface area contributed by atoms with Gasteiger partial charge in [-0.1, -0.05) is 53.5 Å². The van der Waals surface area contributed by atoms with E-state index in [0.29, 0.717) is 0 Å². The minimum absolute atomic E-state index is 0.0154. The number of aromatic amines is 1. The molecular formula is C26H20Cl2N4O8S. The number of ether oxygens (including phenoxy) is 3. The number of sulfonamides is 1. The van der Waals surface area contributed by atoms with Gasteiger partial charge in [-0.05, 0) is 36.2 Å². The summed E-state index contributed by atoms with van der Waals surface area (Å²) in [5.41, 5.74) is -0.508. The van der Waals surface area contributed by atoms with E-state index in [1.54, 1.807) is 0 Å². The molecule has 0 aliphatic carbocycles. The van der Waals surface area contributed by atoms with Crippen LogP contribution in [0.1, 0.15) is 5.56 Å². The van der Waals surface area contributed by atoms with E-state index in [2.05, 4.69) is 14.8 Å². The SMILES string of the molecule is O=c1cnn(-c2cc(Cl)c(Oc3ccc(O)c(S(=O)(=O)NC(Cc4ccccc4)C4=COCO4)c3)c(Cl)c2)c(=O)[nH]1. The van der Waals surface area contributed by atoms with Crippen molar-refractivity contribution in [2.75, 3.05) is 6.79 Å². The fourth-order valence-electron chi connectivity index (χ4n) is 3.93. The van der Waals surface area contributed by atoms with Crippen molar-refractivity contribution in [2.24, 2.45) is 0 Å². The summed E-state index contributed by atoms with van der Waals surface area (Å²) in [6, 6.07) is 14.5. The minimum Gasteiger partial charge on any atom is -0.507 e. The van der Waals surface area contributed by atoms with E-state index in [1.807, 2.05) is 30.3 Å². The highest BCUT2D eigenvalue weighted by atomic mass is 35.5. The summed E-state index contributed by atoms with van der Waals surface area (Å²) in [5, 5.41) is 14.1. The van der Waals surface area contributed by atoms with Crippen LogP contribution in [-0.2, 0) is 25.9 Å². The Labute approximate surface area is 242 Å². The van der Waals surface area contributed by atoms with E-state index in [0.717, 1.165) is 28.6 Å². The summed E-state index contributed by atoms with van der Waals surface area (Å²) in [5.74, 6) is -0.325. The largest absolute Gasteiger partial charge is 0.507 e. The summed E-state index contributed by atoms with van der Waals surface area (Å²) in [6.45, 7) is -0.0514. The topological polar surface area (TPSA) is 162 Å². The minimum atomic E-state index is -4.33. The Morgan fingerprint density at radius 1 is 1.10 bits per heavy atom. The number of H-pyrrole nitrogens is 1. The average molecular weight is 619 g/mol. The molecule has 15 heteroatoms. The second-order valence-electron chi connectivity index (χ2n) is 8.63. The van der Waals surface area contributed by atoms with Crippen LogP contribution in [0.4, 0.5) is 0 Å². The zero-order chi connectivity index (χ0) is 29.1. The van der Waals surface area contributed by atoms with Crippen LogP contribution in [0.15, 0.2) is 93.4 Å². The molecule has 12 nitrogen and oxygen atoms in total. The van der Waals surface area contributed by atoms with Crippen LogP contribution in [0.3, 0.4) is 0 Å². The molecule has 212 valence electrons. The van der Waals surface area contributed by atoms with Gasteiger partial charge in [-0.15, -0.1) is 0 Å². The molecule has 5 rings (SSSR count). The maximum Gasteiger partial charge on any atom is 0.349 e. The van der Waals surface area contributed by atoms with Crippen molar-refractivity contribution in [3.8, 4) is 22.9 Å². The van der Waals surface area contributed by atoms with Gasteiger partial charge >= 0.3 is 5.69 Å². The van der Waals surface area contributed by atoms with Gasteiger partial charge in [-0.2, -0.15) is 14.5 Å². The van der Waals surface area contributed by atoms with Gasteiger partial charge in [0.25, 0.3) is 5.56 Å². The van der Waals surface area contributed by atoms with Crippen LogP contribution in [0.5, 0.6) is 17.2 Å². The molecule has 0 saturated carbocycles. The third kappa shape index (κ3) is 6.38. The Bertz CT molecular complexity index is 1840. The van der Waals surface area contributed by atoms with Gasteiger partial charge in [0, 0.05) is 6.07 Å². The monoisotopic (exact) mass is 618 g/mol. The predicted octanol–water partition coefficient (Wildman–Crippen LogP) is 3.46. The summed E-state index contributed by atoms with van der Waals surface area (Å²) < 4.78 is 46.7. The molecule has 0 spiro atoms. The molecule has 0 bridgehead atoms. The van der Waals surface area contributed by atoms with E-state index >= 15 is 0 Å². The van der Waals surface area contributed by atoms with E-state index < -0.39 is 38.0 Å². The molecule has 0 amide bonds. The second kappa shape index (κ2) is 11.7. The molecule has 3 aromatic carbocycles. The first-order valence-corrected chi connectivity index (χ1v) is 14.0. The number of halogens is 2. The number of aromatic nitrogens is 3. The summed E-state index contributed by atoms with van der Waals surface area (Å²) >= 11 is 12.7. The normalized spacial score (nSPS) is 13.7. The van der Waals surface area contributed by atoms with E-state index in [4.69, 9.17) is 37.4 Å². The predicted molar refractivity (Wildman–Crippen MR) is 148 cm³/mol. The number of phenolic OH excluding ortho intramolecular Hbond substituents is 1. The van der Waals surface area contributed by atoms with Crippen LogP contribution >= 0.6 is 23.2 Å². The molecule has 0 saturated heterocycles. The molecule has 1 unspecified atom stereocenters. The molecule has 0 radical (unpaired) electrons. The first kappa shape index (κ1) is 28.2. The van der Waals surface area contributed by atoms with Crippen molar-refractivity contribution in [3.63, 3.8) is 0 Å². The number of aromatic hydroxyl groups is 1.